The molecule has 2 aromatic heterocycles. The number of rotatable bonds is 5. The zero-order valence-electron chi connectivity index (χ0n) is 14.1. The Hall–Kier alpha value is -2.76. The van der Waals surface area contributed by atoms with E-state index in [9.17, 15) is 9.59 Å². The number of carbonyl (C=O) groups is 2. The molecule has 1 saturated heterocycles. The van der Waals surface area contributed by atoms with Crippen LogP contribution >= 0.6 is 0 Å². The predicted octanol–water partition coefficient (Wildman–Crippen LogP) is 1.91. The minimum atomic E-state index is -0.311. The molecule has 3 heterocycles. The molecular formula is C19H22N4O2. The van der Waals surface area contributed by atoms with Crippen LogP contribution in [0.2, 0.25) is 0 Å². The number of carbonyl (C=O) groups excluding carboxylic acids is 2. The fourth-order valence-electron chi connectivity index (χ4n) is 3.17. The third-order valence-corrected chi connectivity index (χ3v) is 4.56. The third kappa shape index (κ3) is 4.41. The van der Waals surface area contributed by atoms with Gasteiger partial charge < -0.3 is 10.6 Å². The molecule has 1 aliphatic rings. The molecule has 6 nitrogen and oxygen atoms in total. The van der Waals surface area contributed by atoms with E-state index in [1.807, 2.05) is 23.1 Å². The molecular weight excluding hydrogens is 316 g/mol. The number of hydrogen-bond donors (Lipinski definition) is 1. The van der Waals surface area contributed by atoms with Gasteiger partial charge in [0, 0.05) is 49.2 Å². The molecule has 0 radical (unpaired) electrons. The first kappa shape index (κ1) is 17.1. The molecule has 2 aromatic rings. The second-order valence-corrected chi connectivity index (χ2v) is 6.33. The van der Waals surface area contributed by atoms with Gasteiger partial charge in [0.25, 0.3) is 5.91 Å². The molecule has 0 spiro atoms. The second kappa shape index (κ2) is 7.88. The van der Waals surface area contributed by atoms with Crippen LogP contribution in [0.25, 0.3) is 0 Å². The zero-order chi connectivity index (χ0) is 17.6. The fourth-order valence-corrected chi connectivity index (χ4v) is 3.17. The number of aryl methyl sites for hydroxylation is 1. The average Bonchev–Trinajstić information content (AvgIpc) is 2.67. The van der Waals surface area contributed by atoms with Crippen LogP contribution in [0, 0.1) is 0 Å². The fraction of sp³-hybridized carbons (Fsp3) is 0.368. The molecule has 0 atom stereocenters. The zero-order valence-corrected chi connectivity index (χ0v) is 14.1. The lowest BCUT2D eigenvalue weighted by atomic mass is 9.92. The van der Waals surface area contributed by atoms with E-state index >= 15 is 0 Å². The van der Waals surface area contributed by atoms with Gasteiger partial charge in [-0.1, -0.05) is 6.07 Å². The molecule has 0 bridgehead atoms. The van der Waals surface area contributed by atoms with Gasteiger partial charge in [0.15, 0.2) is 0 Å². The number of hydrogen-bond acceptors (Lipinski definition) is 4. The van der Waals surface area contributed by atoms with Crippen LogP contribution in [-0.4, -0.2) is 39.8 Å². The van der Waals surface area contributed by atoms with Gasteiger partial charge in [0.2, 0.25) is 5.91 Å². The standard InChI is InChI=1S/C19H22N4O2/c20-18(24)7-6-16-4-1-5-17(22-16)14-8-11-23(12-9-14)19(25)15-3-2-10-21-13-15/h1-5,10,13-14H,6-9,11-12H2,(H2,20,24). The number of piperidine rings is 1. The molecule has 2 N–H and O–H groups in total. The third-order valence-electron chi connectivity index (χ3n) is 4.56. The van der Waals surface area contributed by atoms with E-state index in [0.29, 0.717) is 37.4 Å². The van der Waals surface area contributed by atoms with Crippen molar-refractivity contribution in [3.8, 4) is 0 Å². The largest absolute Gasteiger partial charge is 0.370 e. The van der Waals surface area contributed by atoms with Crippen molar-refractivity contribution in [2.45, 2.75) is 31.6 Å². The summed E-state index contributed by atoms with van der Waals surface area (Å²) in [6.07, 6.45) is 5.94. The van der Waals surface area contributed by atoms with Crippen LogP contribution < -0.4 is 5.73 Å². The molecule has 1 fully saturated rings. The van der Waals surface area contributed by atoms with E-state index < -0.39 is 0 Å². The Kier molecular flexibility index (Phi) is 5.38. The summed E-state index contributed by atoms with van der Waals surface area (Å²) in [5.41, 5.74) is 7.77. The number of amides is 2. The monoisotopic (exact) mass is 338 g/mol. The van der Waals surface area contributed by atoms with Crippen LogP contribution in [0.1, 0.15) is 46.9 Å². The summed E-state index contributed by atoms with van der Waals surface area (Å²) >= 11 is 0. The number of nitrogens with zero attached hydrogens (tertiary/aromatic N) is 3. The van der Waals surface area contributed by atoms with Crippen LogP contribution in [0.4, 0.5) is 0 Å². The summed E-state index contributed by atoms with van der Waals surface area (Å²) in [5.74, 6) is 0.0654. The Morgan fingerprint density at radius 2 is 1.96 bits per heavy atom. The highest BCUT2D eigenvalue weighted by Crippen LogP contribution is 2.27. The van der Waals surface area contributed by atoms with Gasteiger partial charge in [-0.15, -0.1) is 0 Å². The Balaban J connectivity index is 1.60. The Morgan fingerprint density at radius 3 is 2.64 bits per heavy atom. The lowest BCUT2D eigenvalue weighted by Gasteiger charge is -2.32. The molecule has 1 aliphatic heterocycles. The number of primary amides is 1. The van der Waals surface area contributed by atoms with Crippen molar-refractivity contribution in [1.29, 1.82) is 0 Å². The van der Waals surface area contributed by atoms with E-state index in [2.05, 4.69) is 9.97 Å². The summed E-state index contributed by atoms with van der Waals surface area (Å²) < 4.78 is 0. The maximum Gasteiger partial charge on any atom is 0.255 e. The molecule has 0 aliphatic carbocycles. The molecule has 0 saturated carbocycles. The van der Waals surface area contributed by atoms with E-state index in [-0.39, 0.29) is 11.8 Å². The van der Waals surface area contributed by atoms with E-state index in [1.165, 1.54) is 0 Å². The number of aromatic nitrogens is 2. The highest BCUT2D eigenvalue weighted by molar-refractivity contribution is 5.93. The first-order chi connectivity index (χ1) is 12.1. The lowest BCUT2D eigenvalue weighted by molar-refractivity contribution is -0.118. The maximum absolute atomic E-state index is 12.5. The van der Waals surface area contributed by atoms with E-state index in [1.54, 1.807) is 24.5 Å². The predicted molar refractivity (Wildman–Crippen MR) is 93.9 cm³/mol. The normalized spacial score (nSPS) is 15.1. The van der Waals surface area contributed by atoms with Crippen molar-refractivity contribution in [3.05, 3.63) is 59.7 Å². The molecule has 2 amide bonds. The van der Waals surface area contributed by atoms with Crippen LogP contribution in [0.5, 0.6) is 0 Å². The molecule has 6 heteroatoms. The Bertz CT molecular complexity index is 740. The van der Waals surface area contributed by atoms with Gasteiger partial charge in [-0.05, 0) is 43.5 Å². The highest BCUT2D eigenvalue weighted by Gasteiger charge is 2.25. The minimum absolute atomic E-state index is 0.0368. The summed E-state index contributed by atoms with van der Waals surface area (Å²) in [7, 11) is 0. The molecule has 3 rings (SSSR count). The number of pyridine rings is 2. The number of nitrogens with two attached hydrogens (primary N) is 1. The Labute approximate surface area is 147 Å². The van der Waals surface area contributed by atoms with Crippen LogP contribution in [0.15, 0.2) is 42.7 Å². The highest BCUT2D eigenvalue weighted by atomic mass is 16.2. The first-order valence-corrected chi connectivity index (χ1v) is 8.57. The van der Waals surface area contributed by atoms with Crippen LogP contribution in [0.3, 0.4) is 0 Å². The van der Waals surface area contributed by atoms with Crippen molar-refractivity contribution in [1.82, 2.24) is 14.9 Å². The van der Waals surface area contributed by atoms with Crippen molar-refractivity contribution in [3.63, 3.8) is 0 Å². The average molecular weight is 338 g/mol. The van der Waals surface area contributed by atoms with Crippen molar-refractivity contribution < 1.29 is 9.59 Å². The van der Waals surface area contributed by atoms with Gasteiger partial charge in [-0.2, -0.15) is 0 Å². The first-order valence-electron chi connectivity index (χ1n) is 8.57. The number of likely N-dealkylation sites (tertiary alicyclic amines) is 1. The molecule has 0 aromatic carbocycles. The van der Waals surface area contributed by atoms with Gasteiger partial charge in [0.1, 0.15) is 0 Å². The smallest absolute Gasteiger partial charge is 0.255 e. The molecule has 0 unspecified atom stereocenters. The van der Waals surface area contributed by atoms with Gasteiger partial charge in [-0.3, -0.25) is 19.6 Å². The quantitative estimate of drug-likeness (QED) is 0.902. The van der Waals surface area contributed by atoms with Crippen molar-refractivity contribution >= 4 is 11.8 Å². The molecule has 25 heavy (non-hydrogen) atoms. The van der Waals surface area contributed by atoms with Gasteiger partial charge in [-0.25, -0.2) is 0 Å². The Morgan fingerprint density at radius 1 is 1.16 bits per heavy atom. The minimum Gasteiger partial charge on any atom is -0.370 e. The summed E-state index contributed by atoms with van der Waals surface area (Å²) in [4.78, 5) is 34.0. The van der Waals surface area contributed by atoms with E-state index in [4.69, 9.17) is 5.73 Å². The van der Waals surface area contributed by atoms with Crippen molar-refractivity contribution in [2.24, 2.45) is 5.73 Å². The van der Waals surface area contributed by atoms with Crippen LogP contribution in [-0.2, 0) is 11.2 Å². The summed E-state index contributed by atoms with van der Waals surface area (Å²) in [5, 5.41) is 0. The topological polar surface area (TPSA) is 89.2 Å². The lowest BCUT2D eigenvalue weighted by Crippen LogP contribution is -2.38. The SMILES string of the molecule is NC(=O)CCc1cccc(C2CCN(C(=O)c3cccnc3)CC2)n1. The summed E-state index contributed by atoms with van der Waals surface area (Å²) in [6.45, 7) is 1.43. The maximum atomic E-state index is 12.5. The van der Waals surface area contributed by atoms with Crippen molar-refractivity contribution in [2.75, 3.05) is 13.1 Å². The van der Waals surface area contributed by atoms with Gasteiger partial charge in [0.05, 0.1) is 5.56 Å². The summed E-state index contributed by atoms with van der Waals surface area (Å²) in [6, 6.07) is 9.50. The second-order valence-electron chi connectivity index (χ2n) is 6.33. The van der Waals surface area contributed by atoms with Gasteiger partial charge >= 0.3 is 0 Å². The molecule has 130 valence electrons. The van der Waals surface area contributed by atoms with E-state index in [0.717, 1.165) is 24.2 Å².